The van der Waals surface area contributed by atoms with Crippen molar-refractivity contribution in [3.05, 3.63) is 152 Å². The maximum absolute atomic E-state index is 2.35. The molecule has 186 valence electrons. The third kappa shape index (κ3) is 4.36. The van der Waals surface area contributed by atoms with Crippen LogP contribution in [-0.4, -0.2) is 7.05 Å². The lowest BCUT2D eigenvalue weighted by Gasteiger charge is -2.27. The normalized spacial score (nSPS) is 11.2. The first-order chi connectivity index (χ1) is 19.2. The highest BCUT2D eigenvalue weighted by atomic mass is 15.1. The molecule has 0 atom stereocenters. The summed E-state index contributed by atoms with van der Waals surface area (Å²) < 4.78 is 0. The predicted molar refractivity (Wildman–Crippen MR) is 168 cm³/mol. The SMILES string of the molecule is CN(c1ccc(N(c2ccc3ccccc3c2)c2ccc3ccccc3c2)cc1)c1ccc2ccccc2c1. The molecule has 0 aliphatic rings. The van der Waals surface area contributed by atoms with E-state index < -0.39 is 0 Å². The fraction of sp³-hybridized carbons (Fsp3) is 0.0270. The minimum absolute atomic E-state index is 1.12. The standard InChI is InChI=1S/C37H28N2/c1-38(35-17-14-27-8-2-5-11-30(27)24-35)33-20-22-34(23-21-33)39(36-18-15-28-9-3-6-12-31(28)25-36)37-19-16-29-10-4-7-13-32(29)26-37/h2-26H,1H3. The molecular formula is C37H28N2. The van der Waals surface area contributed by atoms with Crippen LogP contribution in [0.4, 0.5) is 28.4 Å². The van der Waals surface area contributed by atoms with E-state index in [2.05, 4.69) is 169 Å². The Morgan fingerprint density at radius 3 is 1.10 bits per heavy atom. The molecule has 0 aromatic heterocycles. The molecule has 0 aliphatic carbocycles. The molecule has 0 N–H and O–H groups in total. The van der Waals surface area contributed by atoms with Gasteiger partial charge in [-0.15, -0.1) is 0 Å². The third-order valence-electron chi connectivity index (χ3n) is 7.60. The second-order valence-electron chi connectivity index (χ2n) is 10.0. The number of fused-ring (bicyclic) bond motifs is 3. The maximum Gasteiger partial charge on any atom is 0.0468 e. The molecule has 0 fully saturated rings. The Kier molecular flexibility index (Phi) is 5.71. The summed E-state index contributed by atoms with van der Waals surface area (Å²) in [4.78, 5) is 4.59. The van der Waals surface area contributed by atoms with E-state index in [1.807, 2.05) is 0 Å². The molecule has 0 amide bonds. The first-order valence-corrected chi connectivity index (χ1v) is 13.3. The summed E-state index contributed by atoms with van der Waals surface area (Å²) in [5, 5.41) is 7.45. The Morgan fingerprint density at radius 1 is 0.308 bits per heavy atom. The smallest absolute Gasteiger partial charge is 0.0468 e. The van der Waals surface area contributed by atoms with E-state index in [9.17, 15) is 0 Å². The van der Waals surface area contributed by atoms with Gasteiger partial charge in [-0.1, -0.05) is 91.0 Å². The highest BCUT2D eigenvalue weighted by molar-refractivity contribution is 5.93. The average Bonchev–Trinajstić information content (AvgIpc) is 3.01. The van der Waals surface area contributed by atoms with Crippen molar-refractivity contribution < 1.29 is 0 Å². The quantitative estimate of drug-likeness (QED) is 0.232. The lowest BCUT2D eigenvalue weighted by atomic mass is 10.1. The molecule has 7 aromatic rings. The van der Waals surface area contributed by atoms with Crippen molar-refractivity contribution in [2.45, 2.75) is 0 Å². The van der Waals surface area contributed by atoms with Crippen molar-refractivity contribution in [1.29, 1.82) is 0 Å². The first-order valence-electron chi connectivity index (χ1n) is 13.3. The van der Waals surface area contributed by atoms with Gasteiger partial charge < -0.3 is 9.80 Å². The van der Waals surface area contributed by atoms with Crippen LogP contribution in [0.15, 0.2) is 152 Å². The van der Waals surface area contributed by atoms with E-state index in [1.54, 1.807) is 0 Å². The summed E-state index contributed by atoms with van der Waals surface area (Å²) in [6.45, 7) is 0. The van der Waals surface area contributed by atoms with Crippen LogP contribution < -0.4 is 9.80 Å². The lowest BCUT2D eigenvalue weighted by Crippen LogP contribution is -2.12. The van der Waals surface area contributed by atoms with E-state index in [0.29, 0.717) is 0 Å². The Labute approximate surface area is 229 Å². The molecule has 0 aliphatic heterocycles. The molecule has 0 heterocycles. The summed E-state index contributed by atoms with van der Waals surface area (Å²) in [7, 11) is 2.13. The lowest BCUT2D eigenvalue weighted by molar-refractivity contribution is 1.21. The average molecular weight is 501 g/mol. The summed E-state index contributed by atoms with van der Waals surface area (Å²) >= 11 is 0. The van der Waals surface area contributed by atoms with E-state index >= 15 is 0 Å². The van der Waals surface area contributed by atoms with Crippen molar-refractivity contribution in [1.82, 2.24) is 0 Å². The van der Waals surface area contributed by atoms with Gasteiger partial charge in [0.1, 0.15) is 0 Å². The summed E-state index contributed by atoms with van der Waals surface area (Å²) in [5.41, 5.74) is 5.71. The number of rotatable bonds is 5. The van der Waals surface area contributed by atoms with Gasteiger partial charge in [-0.3, -0.25) is 0 Å². The zero-order chi connectivity index (χ0) is 26.2. The first kappa shape index (κ1) is 23.1. The molecule has 0 unspecified atom stereocenters. The Hall–Kier alpha value is -5.08. The molecule has 39 heavy (non-hydrogen) atoms. The van der Waals surface area contributed by atoms with E-state index in [4.69, 9.17) is 0 Å². The van der Waals surface area contributed by atoms with Crippen LogP contribution in [-0.2, 0) is 0 Å². The van der Waals surface area contributed by atoms with Crippen LogP contribution in [0.3, 0.4) is 0 Å². The molecule has 7 rings (SSSR count). The maximum atomic E-state index is 2.35. The zero-order valence-electron chi connectivity index (χ0n) is 21.8. The van der Waals surface area contributed by atoms with Gasteiger partial charge in [0.2, 0.25) is 0 Å². The monoisotopic (exact) mass is 500 g/mol. The largest absolute Gasteiger partial charge is 0.345 e. The number of hydrogen-bond donors (Lipinski definition) is 0. The number of benzene rings is 7. The molecule has 0 radical (unpaired) electrons. The highest BCUT2D eigenvalue weighted by Gasteiger charge is 2.15. The van der Waals surface area contributed by atoms with Crippen molar-refractivity contribution in [2.75, 3.05) is 16.8 Å². The molecule has 0 bridgehead atoms. The van der Waals surface area contributed by atoms with Crippen LogP contribution in [0.1, 0.15) is 0 Å². The van der Waals surface area contributed by atoms with Gasteiger partial charge in [0.05, 0.1) is 0 Å². The molecule has 0 saturated carbocycles. The second-order valence-corrected chi connectivity index (χ2v) is 10.0. The number of anilines is 5. The van der Waals surface area contributed by atoms with Crippen LogP contribution >= 0.6 is 0 Å². The van der Waals surface area contributed by atoms with Crippen LogP contribution in [0.5, 0.6) is 0 Å². The second kappa shape index (κ2) is 9.66. The fourth-order valence-corrected chi connectivity index (χ4v) is 5.44. The van der Waals surface area contributed by atoms with Crippen molar-refractivity contribution in [3.63, 3.8) is 0 Å². The molecular weight excluding hydrogens is 472 g/mol. The van der Waals surface area contributed by atoms with Gasteiger partial charge in [-0.2, -0.15) is 0 Å². The molecule has 2 nitrogen and oxygen atoms in total. The Bertz CT molecular complexity index is 1860. The molecule has 0 saturated heterocycles. The molecule has 2 heteroatoms. The van der Waals surface area contributed by atoms with Gasteiger partial charge >= 0.3 is 0 Å². The van der Waals surface area contributed by atoms with Crippen LogP contribution in [0, 0.1) is 0 Å². The van der Waals surface area contributed by atoms with Gasteiger partial charge in [0, 0.05) is 35.5 Å². The topological polar surface area (TPSA) is 6.48 Å². The van der Waals surface area contributed by atoms with Crippen LogP contribution in [0.25, 0.3) is 32.3 Å². The summed E-state index contributed by atoms with van der Waals surface area (Å²) in [6.07, 6.45) is 0. The Balaban J connectivity index is 1.30. The highest BCUT2D eigenvalue weighted by Crippen LogP contribution is 2.38. The number of nitrogens with zero attached hydrogens (tertiary/aromatic N) is 2. The van der Waals surface area contributed by atoms with Crippen molar-refractivity contribution in [2.24, 2.45) is 0 Å². The van der Waals surface area contributed by atoms with Gasteiger partial charge in [0.25, 0.3) is 0 Å². The summed E-state index contributed by atoms with van der Waals surface area (Å²) in [6, 6.07) is 54.5. The predicted octanol–water partition coefficient (Wildman–Crippen LogP) is 10.4. The number of hydrogen-bond acceptors (Lipinski definition) is 2. The molecule has 0 spiro atoms. The van der Waals surface area contributed by atoms with Crippen LogP contribution in [0.2, 0.25) is 0 Å². The van der Waals surface area contributed by atoms with E-state index in [-0.39, 0.29) is 0 Å². The Morgan fingerprint density at radius 2 is 0.641 bits per heavy atom. The van der Waals surface area contributed by atoms with Gasteiger partial charge in [-0.25, -0.2) is 0 Å². The van der Waals surface area contributed by atoms with Gasteiger partial charge in [-0.05, 0) is 93.0 Å². The minimum Gasteiger partial charge on any atom is -0.345 e. The fourth-order valence-electron chi connectivity index (χ4n) is 5.44. The van der Waals surface area contributed by atoms with Crippen molar-refractivity contribution in [3.8, 4) is 0 Å². The van der Waals surface area contributed by atoms with E-state index in [1.165, 1.54) is 38.0 Å². The van der Waals surface area contributed by atoms with Crippen molar-refractivity contribution >= 4 is 60.8 Å². The van der Waals surface area contributed by atoms with E-state index in [0.717, 1.165) is 22.7 Å². The molecule has 7 aromatic carbocycles. The summed E-state index contributed by atoms with van der Waals surface area (Å²) in [5.74, 6) is 0. The zero-order valence-corrected chi connectivity index (χ0v) is 21.8. The third-order valence-corrected chi connectivity index (χ3v) is 7.60. The minimum atomic E-state index is 1.12. The van der Waals surface area contributed by atoms with Gasteiger partial charge in [0.15, 0.2) is 0 Å².